The van der Waals surface area contributed by atoms with Gasteiger partial charge in [-0.25, -0.2) is 0 Å². The van der Waals surface area contributed by atoms with Crippen LogP contribution in [0.25, 0.3) is 0 Å². The van der Waals surface area contributed by atoms with Gasteiger partial charge in [-0.3, -0.25) is 0 Å². The fourth-order valence-corrected chi connectivity index (χ4v) is 3.31. The van der Waals surface area contributed by atoms with Gasteiger partial charge in [0, 0.05) is 22.6 Å². The van der Waals surface area contributed by atoms with E-state index in [4.69, 9.17) is 11.6 Å². The van der Waals surface area contributed by atoms with Crippen molar-refractivity contribution in [3.8, 4) is 0 Å². The van der Waals surface area contributed by atoms with Crippen molar-refractivity contribution in [2.75, 3.05) is 19.0 Å². The van der Waals surface area contributed by atoms with Gasteiger partial charge in [0.25, 0.3) is 0 Å². The number of fused-ring (bicyclic) bond motifs is 1. The van der Waals surface area contributed by atoms with E-state index >= 15 is 0 Å². The molecule has 16 heavy (non-hydrogen) atoms. The predicted octanol–water partition coefficient (Wildman–Crippen LogP) is 3.17. The molecule has 0 fully saturated rings. The molecular formula is C13H18ClNS. The normalized spacial score (nSPS) is 20.8. The van der Waals surface area contributed by atoms with Gasteiger partial charge in [-0.2, -0.15) is 0 Å². The molecule has 0 spiro atoms. The number of rotatable bonds is 5. The Labute approximate surface area is 107 Å². The third-order valence-electron chi connectivity index (χ3n) is 2.84. The molecule has 1 aliphatic heterocycles. The second kappa shape index (κ2) is 5.95. The molecule has 0 saturated carbocycles. The quantitative estimate of drug-likeness (QED) is 0.812. The zero-order chi connectivity index (χ0) is 11.4. The molecule has 1 aliphatic rings. The molecule has 2 rings (SSSR count). The summed E-state index contributed by atoms with van der Waals surface area (Å²) < 4.78 is 0. The Bertz CT molecular complexity index is 317. The first kappa shape index (κ1) is 12.3. The second-order valence-electron chi connectivity index (χ2n) is 4.47. The van der Waals surface area contributed by atoms with Crippen molar-refractivity contribution >= 4 is 23.4 Å². The molecular weight excluding hydrogens is 238 g/mol. The van der Waals surface area contributed by atoms with Crippen LogP contribution in [0.3, 0.4) is 0 Å². The van der Waals surface area contributed by atoms with Gasteiger partial charge in [0.2, 0.25) is 0 Å². The molecule has 1 N–H and O–H groups in total. The lowest BCUT2D eigenvalue weighted by molar-refractivity contribution is 0.553. The minimum atomic E-state index is 0.565. The third-order valence-corrected chi connectivity index (χ3v) is 4.69. The lowest BCUT2D eigenvalue weighted by Gasteiger charge is -2.12. The topological polar surface area (TPSA) is 12.0 Å². The minimum absolute atomic E-state index is 0.565. The van der Waals surface area contributed by atoms with Crippen LogP contribution in [0.5, 0.6) is 0 Å². The maximum absolute atomic E-state index is 5.78. The van der Waals surface area contributed by atoms with Crippen molar-refractivity contribution in [3.05, 3.63) is 29.8 Å². The minimum Gasteiger partial charge on any atom is -0.315 e. The molecule has 88 valence electrons. The lowest BCUT2D eigenvalue weighted by Crippen LogP contribution is -2.29. The number of hydrogen-bond donors (Lipinski definition) is 1. The van der Waals surface area contributed by atoms with E-state index in [0.29, 0.717) is 11.2 Å². The monoisotopic (exact) mass is 255 g/mol. The summed E-state index contributed by atoms with van der Waals surface area (Å²) in [5.41, 5.74) is 1.50. The van der Waals surface area contributed by atoms with E-state index in [-0.39, 0.29) is 0 Å². The molecule has 0 aliphatic carbocycles. The fourth-order valence-electron chi connectivity index (χ4n) is 1.91. The Morgan fingerprint density at radius 2 is 2.31 bits per heavy atom. The molecule has 0 saturated heterocycles. The van der Waals surface area contributed by atoms with Gasteiger partial charge in [0.05, 0.1) is 0 Å². The van der Waals surface area contributed by atoms with Crippen LogP contribution in [0.2, 0.25) is 0 Å². The maximum atomic E-state index is 5.78. The molecule has 1 heterocycles. The van der Waals surface area contributed by atoms with E-state index in [9.17, 15) is 0 Å². The smallest absolute Gasteiger partial charge is 0.0261 e. The first-order valence-electron chi connectivity index (χ1n) is 5.81. The second-order valence-corrected chi connectivity index (χ2v) is 6.12. The highest BCUT2D eigenvalue weighted by Crippen LogP contribution is 2.36. The van der Waals surface area contributed by atoms with Crippen molar-refractivity contribution in [2.45, 2.75) is 23.5 Å². The highest BCUT2D eigenvalue weighted by Gasteiger charge is 2.21. The SMILES string of the molecule is CC(CCl)CNCC1Cc2ccccc2S1. The zero-order valence-electron chi connectivity index (χ0n) is 9.58. The molecule has 0 amide bonds. The van der Waals surface area contributed by atoms with E-state index in [2.05, 4.69) is 36.5 Å². The molecule has 0 radical (unpaired) electrons. The van der Waals surface area contributed by atoms with Crippen LogP contribution in [0.15, 0.2) is 29.2 Å². The molecule has 0 bridgehead atoms. The highest BCUT2D eigenvalue weighted by atomic mass is 35.5. The Morgan fingerprint density at radius 3 is 3.06 bits per heavy atom. The Kier molecular flexibility index (Phi) is 4.56. The largest absolute Gasteiger partial charge is 0.315 e. The summed E-state index contributed by atoms with van der Waals surface area (Å²) >= 11 is 7.78. The van der Waals surface area contributed by atoms with Crippen molar-refractivity contribution in [1.29, 1.82) is 0 Å². The summed E-state index contributed by atoms with van der Waals surface area (Å²) in [5.74, 6) is 1.31. The van der Waals surface area contributed by atoms with Crippen LogP contribution in [-0.4, -0.2) is 24.2 Å². The molecule has 2 unspecified atom stereocenters. The summed E-state index contributed by atoms with van der Waals surface area (Å²) in [6.07, 6.45) is 1.20. The molecule has 0 aromatic heterocycles. The van der Waals surface area contributed by atoms with E-state index in [1.54, 1.807) is 0 Å². The van der Waals surface area contributed by atoms with Crippen molar-refractivity contribution in [1.82, 2.24) is 5.32 Å². The number of halogens is 1. The summed E-state index contributed by atoms with van der Waals surface area (Å²) in [5, 5.41) is 4.20. The fraction of sp³-hybridized carbons (Fsp3) is 0.538. The average Bonchev–Trinajstić information content (AvgIpc) is 2.71. The van der Waals surface area contributed by atoms with Crippen LogP contribution >= 0.6 is 23.4 Å². The number of thioether (sulfide) groups is 1. The van der Waals surface area contributed by atoms with Gasteiger partial charge in [0.1, 0.15) is 0 Å². The van der Waals surface area contributed by atoms with E-state index in [1.165, 1.54) is 16.9 Å². The van der Waals surface area contributed by atoms with Crippen LogP contribution < -0.4 is 5.32 Å². The Hall–Kier alpha value is -0.180. The number of alkyl halides is 1. The Morgan fingerprint density at radius 1 is 1.50 bits per heavy atom. The number of benzene rings is 1. The van der Waals surface area contributed by atoms with Crippen molar-refractivity contribution < 1.29 is 0 Å². The standard InChI is InChI=1S/C13H18ClNS/c1-10(7-14)8-15-9-12-6-11-4-2-3-5-13(11)16-12/h2-5,10,12,15H,6-9H2,1H3. The lowest BCUT2D eigenvalue weighted by atomic mass is 10.1. The maximum Gasteiger partial charge on any atom is 0.0261 e. The molecule has 1 nitrogen and oxygen atoms in total. The van der Waals surface area contributed by atoms with E-state index in [1.807, 2.05) is 11.8 Å². The van der Waals surface area contributed by atoms with Gasteiger partial charge in [-0.05, 0) is 30.5 Å². The van der Waals surface area contributed by atoms with Crippen LogP contribution in [0.1, 0.15) is 12.5 Å². The first-order valence-corrected chi connectivity index (χ1v) is 7.22. The average molecular weight is 256 g/mol. The van der Waals surface area contributed by atoms with Gasteiger partial charge < -0.3 is 5.32 Å². The van der Waals surface area contributed by atoms with Crippen molar-refractivity contribution in [3.63, 3.8) is 0 Å². The van der Waals surface area contributed by atoms with Crippen LogP contribution in [0, 0.1) is 5.92 Å². The number of hydrogen-bond acceptors (Lipinski definition) is 2. The summed E-state index contributed by atoms with van der Waals surface area (Å²) in [4.78, 5) is 1.46. The van der Waals surface area contributed by atoms with Gasteiger partial charge in [0.15, 0.2) is 0 Å². The molecule has 1 aromatic rings. The van der Waals surface area contributed by atoms with Gasteiger partial charge in [-0.1, -0.05) is 25.1 Å². The van der Waals surface area contributed by atoms with E-state index in [0.717, 1.165) is 19.0 Å². The van der Waals surface area contributed by atoms with Crippen LogP contribution in [0.4, 0.5) is 0 Å². The zero-order valence-corrected chi connectivity index (χ0v) is 11.2. The third kappa shape index (κ3) is 3.16. The molecule has 1 aromatic carbocycles. The van der Waals surface area contributed by atoms with Crippen molar-refractivity contribution in [2.24, 2.45) is 5.92 Å². The molecule has 2 atom stereocenters. The van der Waals surface area contributed by atoms with Gasteiger partial charge in [-0.15, -0.1) is 23.4 Å². The predicted molar refractivity (Wildman–Crippen MR) is 72.5 cm³/mol. The van der Waals surface area contributed by atoms with Crippen LogP contribution in [-0.2, 0) is 6.42 Å². The van der Waals surface area contributed by atoms with E-state index < -0.39 is 0 Å². The summed E-state index contributed by atoms with van der Waals surface area (Å²) in [7, 11) is 0. The molecule has 3 heteroatoms. The first-order chi connectivity index (χ1) is 7.79. The van der Waals surface area contributed by atoms with Gasteiger partial charge >= 0.3 is 0 Å². The highest BCUT2D eigenvalue weighted by molar-refractivity contribution is 8.00. The Balaban J connectivity index is 1.75. The summed E-state index contributed by atoms with van der Waals surface area (Å²) in [6.45, 7) is 4.29. The summed E-state index contributed by atoms with van der Waals surface area (Å²) in [6, 6.07) is 8.72. The number of nitrogens with one attached hydrogen (secondary N) is 1.